The maximum atomic E-state index is 6.49. The lowest BCUT2D eigenvalue weighted by molar-refractivity contribution is -0.144. The van der Waals surface area contributed by atoms with Gasteiger partial charge >= 0.3 is 0 Å². The summed E-state index contributed by atoms with van der Waals surface area (Å²) < 4.78 is 18.6. The minimum Gasteiger partial charge on any atom is -0.493 e. The Labute approximate surface area is 170 Å². The van der Waals surface area contributed by atoms with Crippen LogP contribution in [0.1, 0.15) is 64.7 Å². The molecule has 1 aliphatic rings. The lowest BCUT2D eigenvalue weighted by atomic mass is 9.92. The molecule has 0 bridgehead atoms. The number of rotatable bonds is 7. The van der Waals surface area contributed by atoms with E-state index in [-0.39, 0.29) is 17.8 Å². The molecule has 0 aliphatic carbocycles. The summed E-state index contributed by atoms with van der Waals surface area (Å²) in [4.78, 5) is 0. The molecular formula is C25H34O3. The fraction of sp³-hybridized carbons (Fsp3) is 0.520. The van der Waals surface area contributed by atoms with Gasteiger partial charge in [0.15, 0.2) is 0 Å². The fourth-order valence-corrected chi connectivity index (χ4v) is 3.58. The van der Waals surface area contributed by atoms with Crippen molar-refractivity contribution in [2.45, 2.75) is 66.3 Å². The number of benzene rings is 2. The summed E-state index contributed by atoms with van der Waals surface area (Å²) in [5.74, 6) is 2.44. The Balaban J connectivity index is 1.73. The Hall–Kier alpha value is -2.00. The first-order valence-electron chi connectivity index (χ1n) is 10.4. The monoisotopic (exact) mass is 382 g/mol. The fourth-order valence-electron chi connectivity index (χ4n) is 3.58. The van der Waals surface area contributed by atoms with Crippen LogP contribution in [0.5, 0.6) is 11.5 Å². The van der Waals surface area contributed by atoms with Gasteiger partial charge < -0.3 is 14.2 Å². The van der Waals surface area contributed by atoms with Crippen molar-refractivity contribution in [2.75, 3.05) is 6.61 Å². The quantitative estimate of drug-likeness (QED) is 0.507. The van der Waals surface area contributed by atoms with Gasteiger partial charge in [-0.2, -0.15) is 0 Å². The van der Waals surface area contributed by atoms with Gasteiger partial charge in [-0.05, 0) is 41.5 Å². The lowest BCUT2D eigenvalue weighted by Crippen LogP contribution is -2.30. The number of hydrogen-bond acceptors (Lipinski definition) is 3. The molecule has 28 heavy (non-hydrogen) atoms. The highest BCUT2D eigenvalue weighted by atomic mass is 16.7. The SMILES string of the molecule is CC(C)Cc1ccc(OC(CC(C)(C)C)OC2CCOc3ccccc32)cc1. The molecule has 0 amide bonds. The first-order chi connectivity index (χ1) is 13.3. The van der Waals surface area contributed by atoms with Gasteiger partial charge in [0, 0.05) is 18.4 Å². The molecular weight excluding hydrogens is 348 g/mol. The van der Waals surface area contributed by atoms with E-state index in [4.69, 9.17) is 14.2 Å². The first kappa shape index (κ1) is 20.7. The summed E-state index contributed by atoms with van der Waals surface area (Å²) in [5.41, 5.74) is 2.56. The van der Waals surface area contributed by atoms with Crippen LogP contribution in [0.15, 0.2) is 48.5 Å². The van der Waals surface area contributed by atoms with Crippen LogP contribution >= 0.6 is 0 Å². The first-order valence-corrected chi connectivity index (χ1v) is 10.4. The highest BCUT2D eigenvalue weighted by Gasteiger charge is 2.28. The molecule has 3 rings (SSSR count). The third-order valence-corrected chi connectivity index (χ3v) is 4.83. The van der Waals surface area contributed by atoms with Crippen molar-refractivity contribution in [3.8, 4) is 11.5 Å². The zero-order valence-corrected chi connectivity index (χ0v) is 17.9. The summed E-state index contributed by atoms with van der Waals surface area (Å²) in [5, 5.41) is 0. The molecule has 3 heteroatoms. The zero-order valence-electron chi connectivity index (χ0n) is 17.9. The average molecular weight is 383 g/mol. The van der Waals surface area contributed by atoms with Gasteiger partial charge in [-0.3, -0.25) is 0 Å². The summed E-state index contributed by atoms with van der Waals surface area (Å²) >= 11 is 0. The molecule has 0 radical (unpaired) electrons. The maximum Gasteiger partial charge on any atom is 0.200 e. The van der Waals surface area contributed by atoms with E-state index in [1.807, 2.05) is 18.2 Å². The summed E-state index contributed by atoms with van der Waals surface area (Å²) in [6, 6.07) is 16.6. The van der Waals surface area contributed by atoms with E-state index in [1.54, 1.807) is 0 Å². The van der Waals surface area contributed by atoms with Crippen molar-refractivity contribution < 1.29 is 14.2 Å². The maximum absolute atomic E-state index is 6.49. The van der Waals surface area contributed by atoms with Crippen molar-refractivity contribution in [2.24, 2.45) is 11.3 Å². The van der Waals surface area contributed by atoms with E-state index in [0.29, 0.717) is 12.5 Å². The van der Waals surface area contributed by atoms with Crippen LogP contribution in [0, 0.1) is 11.3 Å². The van der Waals surface area contributed by atoms with E-state index < -0.39 is 0 Å². The molecule has 0 N–H and O–H groups in total. The standard InChI is InChI=1S/C25H34O3/c1-18(2)16-19-10-12-20(13-11-19)27-24(17-25(3,4)5)28-23-14-15-26-22-9-7-6-8-21(22)23/h6-13,18,23-24H,14-17H2,1-5H3. The molecule has 0 aromatic heterocycles. The zero-order chi connectivity index (χ0) is 20.1. The van der Waals surface area contributed by atoms with Crippen LogP contribution in [0.3, 0.4) is 0 Å². The summed E-state index contributed by atoms with van der Waals surface area (Å²) in [6.45, 7) is 11.8. The highest BCUT2D eigenvalue weighted by Crippen LogP contribution is 2.37. The normalized spacial score (nSPS) is 17.7. The molecule has 2 unspecified atom stereocenters. The number of fused-ring (bicyclic) bond motifs is 1. The second kappa shape index (κ2) is 9.00. The molecule has 0 fully saturated rings. The van der Waals surface area contributed by atoms with Crippen LogP contribution < -0.4 is 9.47 Å². The van der Waals surface area contributed by atoms with Gasteiger partial charge in [0.05, 0.1) is 12.7 Å². The second-order valence-corrected chi connectivity index (χ2v) is 9.35. The number of ether oxygens (including phenoxy) is 3. The van der Waals surface area contributed by atoms with Crippen LogP contribution in [0.25, 0.3) is 0 Å². The topological polar surface area (TPSA) is 27.7 Å². The van der Waals surface area contributed by atoms with Crippen molar-refractivity contribution in [1.82, 2.24) is 0 Å². The van der Waals surface area contributed by atoms with Crippen LogP contribution in [0.4, 0.5) is 0 Å². The van der Waals surface area contributed by atoms with E-state index in [0.717, 1.165) is 36.3 Å². The van der Waals surface area contributed by atoms with Gasteiger partial charge in [0.25, 0.3) is 0 Å². The number of hydrogen-bond donors (Lipinski definition) is 0. The Morgan fingerprint density at radius 3 is 2.43 bits per heavy atom. The van der Waals surface area contributed by atoms with E-state index in [9.17, 15) is 0 Å². The van der Waals surface area contributed by atoms with Crippen molar-refractivity contribution >= 4 is 0 Å². The van der Waals surface area contributed by atoms with Crippen LogP contribution in [0.2, 0.25) is 0 Å². The van der Waals surface area contributed by atoms with Gasteiger partial charge in [-0.25, -0.2) is 0 Å². The van der Waals surface area contributed by atoms with Gasteiger partial charge in [0.1, 0.15) is 11.5 Å². The van der Waals surface area contributed by atoms with Crippen LogP contribution in [-0.4, -0.2) is 12.9 Å². The molecule has 0 saturated heterocycles. The Morgan fingerprint density at radius 1 is 1.04 bits per heavy atom. The summed E-state index contributed by atoms with van der Waals surface area (Å²) in [7, 11) is 0. The van der Waals surface area contributed by atoms with E-state index in [1.165, 1.54) is 5.56 Å². The number of para-hydroxylation sites is 1. The van der Waals surface area contributed by atoms with Gasteiger partial charge in [-0.1, -0.05) is 65.0 Å². The molecule has 2 aromatic rings. The second-order valence-electron chi connectivity index (χ2n) is 9.35. The third-order valence-electron chi connectivity index (χ3n) is 4.83. The third kappa shape index (κ3) is 6.00. The minimum atomic E-state index is -0.299. The van der Waals surface area contributed by atoms with Crippen LogP contribution in [-0.2, 0) is 11.2 Å². The Bertz CT molecular complexity index is 743. The molecule has 1 aliphatic heterocycles. The average Bonchev–Trinajstić information content (AvgIpc) is 2.62. The molecule has 0 saturated carbocycles. The highest BCUT2D eigenvalue weighted by molar-refractivity contribution is 5.36. The molecule has 3 nitrogen and oxygen atoms in total. The van der Waals surface area contributed by atoms with Gasteiger partial charge in [0.2, 0.25) is 6.29 Å². The van der Waals surface area contributed by atoms with Crippen molar-refractivity contribution in [1.29, 1.82) is 0 Å². The smallest absolute Gasteiger partial charge is 0.200 e. The Morgan fingerprint density at radius 2 is 1.75 bits per heavy atom. The minimum absolute atomic E-state index is 0.00230. The lowest BCUT2D eigenvalue weighted by Gasteiger charge is -2.32. The molecule has 1 heterocycles. The van der Waals surface area contributed by atoms with E-state index >= 15 is 0 Å². The van der Waals surface area contributed by atoms with Crippen molar-refractivity contribution in [3.05, 3.63) is 59.7 Å². The van der Waals surface area contributed by atoms with Crippen molar-refractivity contribution in [3.63, 3.8) is 0 Å². The predicted molar refractivity (Wildman–Crippen MR) is 114 cm³/mol. The molecule has 2 atom stereocenters. The Kier molecular flexibility index (Phi) is 6.66. The molecule has 0 spiro atoms. The summed E-state index contributed by atoms with van der Waals surface area (Å²) in [6.07, 6.45) is 2.44. The molecule has 152 valence electrons. The predicted octanol–water partition coefficient (Wildman–Crippen LogP) is 6.57. The van der Waals surface area contributed by atoms with Gasteiger partial charge in [-0.15, -0.1) is 0 Å². The van der Waals surface area contributed by atoms with E-state index in [2.05, 4.69) is 65.0 Å². The largest absolute Gasteiger partial charge is 0.493 e. The molecule has 2 aromatic carbocycles.